The average molecular weight is 150 g/mol. The Balaban J connectivity index is 3.39. The summed E-state index contributed by atoms with van der Waals surface area (Å²) in [6, 6.07) is -0.615. The van der Waals surface area contributed by atoms with E-state index in [1.807, 2.05) is 0 Å². The Morgan fingerprint density at radius 3 is 2.30 bits per heavy atom. The molecule has 0 heterocycles. The minimum atomic E-state index is -1.51. The van der Waals surface area contributed by atoms with Crippen LogP contribution in [0.15, 0.2) is 0 Å². The Morgan fingerprint density at radius 1 is 1.50 bits per heavy atom. The van der Waals surface area contributed by atoms with Gasteiger partial charge >= 0.3 is 5.97 Å². The lowest BCUT2D eigenvalue weighted by Crippen LogP contribution is -2.66. The molecule has 0 radical (unpaired) electrons. The molecular weight excluding hydrogens is 138 g/mol. The van der Waals surface area contributed by atoms with Crippen LogP contribution in [0.5, 0.6) is 0 Å². The van der Waals surface area contributed by atoms with Crippen molar-refractivity contribution in [1.82, 2.24) is 0 Å². The fraction of sp³-hybridized carbons (Fsp3) is 0.800. The van der Waals surface area contributed by atoms with Gasteiger partial charge in [-0.1, -0.05) is 0 Å². The highest BCUT2D eigenvalue weighted by Crippen LogP contribution is 1.94. The molecule has 1 atom stereocenters. The summed E-state index contributed by atoms with van der Waals surface area (Å²) in [5.41, 5.74) is 3.35. The molecule has 0 aromatic carbocycles. The van der Waals surface area contributed by atoms with Crippen LogP contribution in [0.3, 0.4) is 0 Å². The summed E-state index contributed by atoms with van der Waals surface area (Å²) < 4.78 is 0. The van der Waals surface area contributed by atoms with Crippen LogP contribution in [-0.2, 0) is 4.79 Å². The molecule has 0 aromatic rings. The monoisotopic (exact) mass is 150 g/mol. The topological polar surface area (TPSA) is 105 Å². The van der Waals surface area contributed by atoms with Crippen LogP contribution in [-0.4, -0.2) is 33.6 Å². The third kappa shape index (κ3) is 4.25. The molecule has 0 saturated heterocycles. The Labute approximate surface area is 58.1 Å². The van der Waals surface area contributed by atoms with Crippen molar-refractivity contribution in [3.63, 3.8) is 0 Å². The first-order valence-electron chi connectivity index (χ1n) is 2.95. The highest BCUT2D eigenvalue weighted by Gasteiger charge is 2.15. The first-order chi connectivity index (χ1) is 4.54. The van der Waals surface area contributed by atoms with E-state index in [4.69, 9.17) is 15.3 Å². The second kappa shape index (κ2) is 4.21. The number of quaternary nitrogens is 1. The lowest BCUT2D eigenvalue weighted by atomic mass is 10.1. The second-order valence-electron chi connectivity index (χ2n) is 2.11. The van der Waals surface area contributed by atoms with Crippen molar-refractivity contribution in [3.8, 4) is 0 Å². The standard InChI is InChI=1S/C5H11NO4/c6-3(5(9)10)1-2-4(7)8/h3,5,9-10H,1-2,6H2,(H,7,8)/p+1. The summed E-state index contributed by atoms with van der Waals surface area (Å²) >= 11 is 0. The molecule has 0 bridgehead atoms. The van der Waals surface area contributed by atoms with Crippen LogP contribution in [0, 0.1) is 0 Å². The van der Waals surface area contributed by atoms with Crippen molar-refractivity contribution >= 4 is 5.97 Å². The molecular formula is C5H12NO4+. The smallest absolute Gasteiger partial charge is 0.303 e. The number of aliphatic hydroxyl groups is 2. The summed E-state index contributed by atoms with van der Waals surface area (Å²) in [6.45, 7) is 0. The highest BCUT2D eigenvalue weighted by molar-refractivity contribution is 5.66. The van der Waals surface area contributed by atoms with Crippen molar-refractivity contribution in [2.45, 2.75) is 25.2 Å². The number of carboxylic acid groups (broad SMARTS) is 1. The van der Waals surface area contributed by atoms with E-state index >= 15 is 0 Å². The van der Waals surface area contributed by atoms with E-state index < -0.39 is 18.3 Å². The van der Waals surface area contributed by atoms with E-state index in [1.54, 1.807) is 0 Å². The molecule has 10 heavy (non-hydrogen) atoms. The van der Waals surface area contributed by atoms with Gasteiger partial charge in [-0.2, -0.15) is 0 Å². The van der Waals surface area contributed by atoms with Crippen molar-refractivity contribution in [1.29, 1.82) is 0 Å². The molecule has 0 aliphatic carbocycles. The summed E-state index contributed by atoms with van der Waals surface area (Å²) in [4.78, 5) is 9.94. The third-order valence-electron chi connectivity index (χ3n) is 1.15. The van der Waals surface area contributed by atoms with E-state index in [1.165, 1.54) is 0 Å². The summed E-state index contributed by atoms with van der Waals surface area (Å²) in [6.07, 6.45) is -1.40. The van der Waals surface area contributed by atoms with Gasteiger partial charge < -0.3 is 21.1 Å². The molecule has 0 fully saturated rings. The fourth-order valence-corrected chi connectivity index (χ4v) is 0.458. The SMILES string of the molecule is [NH3+]C(CCC(=O)O)C(O)O. The number of rotatable bonds is 4. The summed E-state index contributed by atoms with van der Waals surface area (Å²) in [5.74, 6) is -0.950. The van der Waals surface area contributed by atoms with Gasteiger partial charge in [-0.05, 0) is 0 Å². The number of aliphatic carboxylic acids is 1. The highest BCUT2D eigenvalue weighted by atomic mass is 16.5. The molecule has 1 unspecified atom stereocenters. The minimum absolute atomic E-state index is 0.0776. The quantitative estimate of drug-likeness (QED) is 0.340. The molecule has 0 rings (SSSR count). The van der Waals surface area contributed by atoms with Gasteiger partial charge in [0.05, 0.1) is 6.42 Å². The normalized spacial score (nSPS) is 13.6. The molecule has 0 amide bonds. The molecule has 0 aliphatic heterocycles. The minimum Gasteiger partial charge on any atom is -0.481 e. The Hall–Kier alpha value is -0.650. The molecule has 0 aromatic heterocycles. The summed E-state index contributed by atoms with van der Waals surface area (Å²) in [5, 5.41) is 25.0. The van der Waals surface area contributed by atoms with E-state index in [9.17, 15) is 4.79 Å². The number of hydrogen-bond donors (Lipinski definition) is 4. The maximum absolute atomic E-state index is 9.94. The maximum Gasteiger partial charge on any atom is 0.303 e. The first kappa shape index (κ1) is 9.35. The largest absolute Gasteiger partial charge is 0.481 e. The van der Waals surface area contributed by atoms with Gasteiger partial charge in [-0.3, -0.25) is 4.79 Å². The zero-order valence-corrected chi connectivity index (χ0v) is 5.53. The van der Waals surface area contributed by atoms with E-state index in [0.717, 1.165) is 0 Å². The van der Waals surface area contributed by atoms with Crippen LogP contribution in [0.25, 0.3) is 0 Å². The van der Waals surface area contributed by atoms with Crippen LogP contribution in [0.2, 0.25) is 0 Å². The molecule has 0 saturated carbocycles. The van der Waals surface area contributed by atoms with E-state index in [2.05, 4.69) is 5.73 Å². The molecule has 6 N–H and O–H groups in total. The van der Waals surface area contributed by atoms with Crippen molar-refractivity contribution in [2.75, 3.05) is 0 Å². The second-order valence-corrected chi connectivity index (χ2v) is 2.11. The van der Waals surface area contributed by atoms with E-state index in [0.29, 0.717) is 0 Å². The van der Waals surface area contributed by atoms with Gasteiger partial charge in [0.1, 0.15) is 6.04 Å². The average Bonchev–Trinajstić information content (AvgIpc) is 1.82. The Kier molecular flexibility index (Phi) is 3.94. The van der Waals surface area contributed by atoms with Crippen molar-refractivity contribution in [3.05, 3.63) is 0 Å². The Bertz CT molecular complexity index is 114. The summed E-state index contributed by atoms with van der Waals surface area (Å²) in [7, 11) is 0. The Morgan fingerprint density at radius 2 is 2.00 bits per heavy atom. The lowest BCUT2D eigenvalue weighted by molar-refractivity contribution is -0.457. The van der Waals surface area contributed by atoms with Gasteiger partial charge in [0, 0.05) is 6.42 Å². The van der Waals surface area contributed by atoms with Gasteiger partial charge in [0.25, 0.3) is 0 Å². The lowest BCUT2D eigenvalue weighted by Gasteiger charge is -2.07. The molecule has 0 spiro atoms. The van der Waals surface area contributed by atoms with Crippen LogP contribution < -0.4 is 5.73 Å². The zero-order valence-electron chi connectivity index (χ0n) is 5.53. The van der Waals surface area contributed by atoms with Crippen LogP contribution >= 0.6 is 0 Å². The molecule has 5 heteroatoms. The molecule has 0 aliphatic rings. The van der Waals surface area contributed by atoms with Gasteiger partial charge in [0.15, 0.2) is 0 Å². The number of aliphatic hydroxyl groups excluding tert-OH is 1. The van der Waals surface area contributed by atoms with Gasteiger partial charge in [-0.15, -0.1) is 0 Å². The van der Waals surface area contributed by atoms with Crippen LogP contribution in [0.1, 0.15) is 12.8 Å². The molecule has 5 nitrogen and oxygen atoms in total. The fourth-order valence-electron chi connectivity index (χ4n) is 0.458. The van der Waals surface area contributed by atoms with E-state index in [-0.39, 0.29) is 12.8 Å². The van der Waals surface area contributed by atoms with Gasteiger partial charge in [-0.25, -0.2) is 0 Å². The predicted molar refractivity (Wildman–Crippen MR) is 31.8 cm³/mol. The van der Waals surface area contributed by atoms with Crippen molar-refractivity contribution in [2.24, 2.45) is 0 Å². The number of hydrogen-bond acceptors (Lipinski definition) is 3. The maximum atomic E-state index is 9.94. The number of carbonyl (C=O) groups is 1. The first-order valence-corrected chi connectivity index (χ1v) is 2.95. The molecule has 60 valence electrons. The van der Waals surface area contributed by atoms with Gasteiger partial charge in [0.2, 0.25) is 6.29 Å². The third-order valence-corrected chi connectivity index (χ3v) is 1.15. The zero-order chi connectivity index (χ0) is 8.15. The predicted octanol–water partition coefficient (Wildman–Crippen LogP) is -2.23. The van der Waals surface area contributed by atoms with Crippen molar-refractivity contribution < 1.29 is 25.8 Å². The number of carboxylic acids is 1. The van der Waals surface area contributed by atoms with Crippen LogP contribution in [0.4, 0.5) is 0 Å².